The quantitative estimate of drug-likeness (QED) is 0.531. The van der Waals surface area contributed by atoms with Crippen LogP contribution in [0.3, 0.4) is 0 Å². The van der Waals surface area contributed by atoms with Gasteiger partial charge in [0.1, 0.15) is 0 Å². The molecule has 3 N–H and O–H groups in total. The molecule has 8 nitrogen and oxygen atoms in total. The van der Waals surface area contributed by atoms with Crippen LogP contribution >= 0.6 is 11.3 Å². The van der Waals surface area contributed by atoms with E-state index in [1.807, 2.05) is 6.07 Å². The summed E-state index contributed by atoms with van der Waals surface area (Å²) in [5, 5.41) is 2.80. The van der Waals surface area contributed by atoms with Crippen molar-refractivity contribution < 1.29 is 9.59 Å². The molecule has 1 aliphatic rings. The molecule has 0 saturated carbocycles. The number of carbonyl (C=O) groups is 2. The second kappa shape index (κ2) is 7.64. The standard InChI is InChI=1S/C22H27N5O3S/c1-11-8-14(17-18(23-11)27(5)26-21(17)30)19(28)24-25-20(29)16-10-12-9-13(22(2,3)4)6-7-15(12)31-16/h8,10,13H,6-7,9H2,1-5H3,(H,24,28)(H,25,29)(H,26,30). The maximum atomic E-state index is 12.7. The number of nitrogens with zero attached hydrogens (tertiary/aromatic N) is 2. The van der Waals surface area contributed by atoms with E-state index in [0.29, 0.717) is 22.1 Å². The lowest BCUT2D eigenvalue weighted by molar-refractivity contribution is 0.0849. The predicted molar refractivity (Wildman–Crippen MR) is 120 cm³/mol. The van der Waals surface area contributed by atoms with Gasteiger partial charge in [0, 0.05) is 17.6 Å². The van der Waals surface area contributed by atoms with Crippen LogP contribution in [0, 0.1) is 18.3 Å². The summed E-state index contributed by atoms with van der Waals surface area (Å²) >= 11 is 1.48. The first-order valence-corrected chi connectivity index (χ1v) is 11.1. The van der Waals surface area contributed by atoms with Gasteiger partial charge in [-0.2, -0.15) is 0 Å². The van der Waals surface area contributed by atoms with Crippen molar-refractivity contribution in [3.05, 3.63) is 49.1 Å². The third-order valence-electron chi connectivity index (χ3n) is 6.01. The van der Waals surface area contributed by atoms with Crippen LogP contribution in [0.25, 0.3) is 11.0 Å². The molecule has 0 saturated heterocycles. The maximum Gasteiger partial charge on any atom is 0.279 e. The van der Waals surface area contributed by atoms with Crippen LogP contribution < -0.4 is 16.4 Å². The van der Waals surface area contributed by atoms with Crippen molar-refractivity contribution in [2.45, 2.75) is 47.0 Å². The molecule has 3 aromatic heterocycles. The molecule has 164 valence electrons. The molecule has 1 atom stereocenters. The summed E-state index contributed by atoms with van der Waals surface area (Å²) in [7, 11) is 1.66. The molecule has 4 rings (SSSR count). The first kappa shape index (κ1) is 21.3. The van der Waals surface area contributed by atoms with Crippen LogP contribution in [0.2, 0.25) is 0 Å². The van der Waals surface area contributed by atoms with Crippen LogP contribution in [0.4, 0.5) is 0 Å². The molecule has 3 aromatic rings. The molecular formula is C22H27N5O3S. The number of hydrogen-bond acceptors (Lipinski definition) is 5. The lowest BCUT2D eigenvalue weighted by Crippen LogP contribution is -2.41. The topological polar surface area (TPSA) is 109 Å². The van der Waals surface area contributed by atoms with Gasteiger partial charge in [0.2, 0.25) is 0 Å². The minimum absolute atomic E-state index is 0.170. The maximum absolute atomic E-state index is 12.7. The van der Waals surface area contributed by atoms with Gasteiger partial charge in [-0.05, 0) is 55.2 Å². The molecule has 0 spiro atoms. The molecule has 0 aliphatic heterocycles. The summed E-state index contributed by atoms with van der Waals surface area (Å²) in [6.07, 6.45) is 3.07. The predicted octanol–water partition coefficient (Wildman–Crippen LogP) is 2.86. The van der Waals surface area contributed by atoms with Crippen molar-refractivity contribution in [3.8, 4) is 0 Å². The number of fused-ring (bicyclic) bond motifs is 2. The smallest absolute Gasteiger partial charge is 0.270 e. The van der Waals surface area contributed by atoms with Crippen LogP contribution in [-0.2, 0) is 19.9 Å². The molecule has 0 fully saturated rings. The molecule has 9 heteroatoms. The van der Waals surface area contributed by atoms with E-state index in [1.54, 1.807) is 14.0 Å². The van der Waals surface area contributed by atoms with Crippen molar-refractivity contribution in [2.75, 3.05) is 0 Å². The van der Waals surface area contributed by atoms with E-state index >= 15 is 0 Å². The van der Waals surface area contributed by atoms with Crippen molar-refractivity contribution in [1.82, 2.24) is 25.6 Å². The van der Waals surface area contributed by atoms with E-state index in [9.17, 15) is 14.4 Å². The van der Waals surface area contributed by atoms with Gasteiger partial charge >= 0.3 is 0 Å². The fraction of sp³-hybridized carbons (Fsp3) is 0.455. The number of amides is 2. The van der Waals surface area contributed by atoms with Crippen LogP contribution in [-0.4, -0.2) is 26.6 Å². The Morgan fingerprint density at radius 2 is 1.94 bits per heavy atom. The highest BCUT2D eigenvalue weighted by molar-refractivity contribution is 7.14. The number of pyridine rings is 1. The highest BCUT2D eigenvalue weighted by atomic mass is 32.1. The molecule has 3 heterocycles. The van der Waals surface area contributed by atoms with Crippen molar-refractivity contribution >= 4 is 34.2 Å². The van der Waals surface area contributed by atoms with Crippen LogP contribution in [0.15, 0.2) is 16.9 Å². The highest BCUT2D eigenvalue weighted by Crippen LogP contribution is 2.40. The first-order valence-electron chi connectivity index (χ1n) is 10.3. The van der Waals surface area contributed by atoms with Gasteiger partial charge in [-0.25, -0.2) is 4.98 Å². The third kappa shape index (κ3) is 4.01. The molecule has 0 bridgehead atoms. The Morgan fingerprint density at radius 1 is 1.23 bits per heavy atom. The largest absolute Gasteiger partial charge is 0.279 e. The summed E-state index contributed by atoms with van der Waals surface area (Å²) in [5.74, 6) is -0.328. The van der Waals surface area contributed by atoms with Crippen molar-refractivity contribution in [2.24, 2.45) is 18.4 Å². The van der Waals surface area contributed by atoms with Crippen LogP contribution in [0.1, 0.15) is 63.4 Å². The van der Waals surface area contributed by atoms with Gasteiger partial charge in [0.25, 0.3) is 17.4 Å². The normalized spacial score (nSPS) is 16.2. The van der Waals surface area contributed by atoms with Gasteiger partial charge in [0.05, 0.1) is 15.8 Å². The Labute approximate surface area is 184 Å². The molecule has 1 aliphatic carbocycles. The van der Waals surface area contributed by atoms with Crippen LogP contribution in [0.5, 0.6) is 0 Å². The lowest BCUT2D eigenvalue weighted by atomic mass is 9.72. The minimum atomic E-state index is -0.560. The van der Waals surface area contributed by atoms with Crippen molar-refractivity contribution in [1.29, 1.82) is 0 Å². The summed E-state index contributed by atoms with van der Waals surface area (Å²) in [5.41, 5.74) is 7.15. The Bertz CT molecular complexity index is 1240. The summed E-state index contributed by atoms with van der Waals surface area (Å²) in [4.78, 5) is 43.8. The van der Waals surface area contributed by atoms with Gasteiger partial charge in [-0.1, -0.05) is 20.8 Å². The molecule has 0 radical (unpaired) electrons. The number of carbonyl (C=O) groups excluding carboxylic acids is 2. The van der Waals surface area contributed by atoms with Gasteiger partial charge in [0.15, 0.2) is 5.65 Å². The zero-order valence-corrected chi connectivity index (χ0v) is 19.2. The van der Waals surface area contributed by atoms with E-state index in [1.165, 1.54) is 32.5 Å². The zero-order valence-electron chi connectivity index (χ0n) is 18.4. The first-order chi connectivity index (χ1) is 14.5. The minimum Gasteiger partial charge on any atom is -0.270 e. The number of aromatic amines is 1. The molecule has 31 heavy (non-hydrogen) atoms. The Balaban J connectivity index is 1.49. The fourth-order valence-electron chi connectivity index (χ4n) is 4.18. The van der Waals surface area contributed by atoms with Gasteiger partial charge in [-0.15, -0.1) is 11.3 Å². The highest BCUT2D eigenvalue weighted by Gasteiger charge is 2.30. The second-order valence-electron chi connectivity index (χ2n) is 9.28. The summed E-state index contributed by atoms with van der Waals surface area (Å²) < 4.78 is 1.47. The zero-order chi connectivity index (χ0) is 22.5. The summed E-state index contributed by atoms with van der Waals surface area (Å²) in [6, 6.07) is 3.48. The second-order valence-corrected chi connectivity index (χ2v) is 10.4. The number of thiophene rings is 1. The monoisotopic (exact) mass is 441 g/mol. The average molecular weight is 442 g/mol. The number of hydrazine groups is 1. The molecule has 0 aromatic carbocycles. The van der Waals surface area contributed by atoms with Crippen molar-refractivity contribution in [3.63, 3.8) is 0 Å². The molecule has 1 unspecified atom stereocenters. The van der Waals surface area contributed by atoms with E-state index in [-0.39, 0.29) is 22.3 Å². The van der Waals surface area contributed by atoms with E-state index in [2.05, 4.69) is 41.7 Å². The van der Waals surface area contributed by atoms with Gasteiger partial charge in [-0.3, -0.25) is 35.0 Å². The number of rotatable bonds is 2. The SMILES string of the molecule is Cc1cc(C(=O)NNC(=O)c2cc3c(s2)CCC(C(C)(C)C)C3)c2c(=O)[nH]n(C)c2n1. The lowest BCUT2D eigenvalue weighted by Gasteiger charge is -2.33. The molecule has 2 amide bonds. The number of aryl methyl sites for hydroxylation is 3. The number of hydrogen-bond donors (Lipinski definition) is 3. The number of H-pyrrole nitrogens is 1. The average Bonchev–Trinajstić information content (AvgIpc) is 3.25. The number of nitrogens with one attached hydrogen (secondary N) is 3. The molecular weight excluding hydrogens is 414 g/mol. The Kier molecular flexibility index (Phi) is 5.25. The van der Waals surface area contributed by atoms with Gasteiger partial charge < -0.3 is 0 Å². The van der Waals surface area contributed by atoms with E-state index in [4.69, 9.17) is 0 Å². The Morgan fingerprint density at radius 3 is 2.65 bits per heavy atom. The third-order valence-corrected chi connectivity index (χ3v) is 7.24. The number of aromatic nitrogens is 3. The fourth-order valence-corrected chi connectivity index (χ4v) is 5.28. The van der Waals surface area contributed by atoms with E-state index < -0.39 is 11.5 Å². The summed E-state index contributed by atoms with van der Waals surface area (Å²) in [6.45, 7) is 8.52. The Hall–Kier alpha value is -2.94. The van der Waals surface area contributed by atoms with E-state index in [0.717, 1.165) is 19.3 Å².